The molecule has 0 spiro atoms. The highest BCUT2D eigenvalue weighted by molar-refractivity contribution is 7.80. The van der Waals surface area contributed by atoms with Gasteiger partial charge in [-0.25, -0.2) is 0 Å². The fourth-order valence-electron chi connectivity index (χ4n) is 2.04. The van der Waals surface area contributed by atoms with Crippen LogP contribution in [-0.2, 0) is 0 Å². The van der Waals surface area contributed by atoms with E-state index in [0.717, 1.165) is 24.8 Å². The molecule has 1 unspecified atom stereocenters. The molecule has 20 heavy (non-hydrogen) atoms. The topological polar surface area (TPSA) is 20.2 Å². The molecule has 0 amide bonds. The number of thiol groups is 1. The summed E-state index contributed by atoms with van der Waals surface area (Å²) in [6, 6.07) is 8.54. The van der Waals surface area contributed by atoms with Crippen molar-refractivity contribution >= 4 is 25.9 Å². The summed E-state index contributed by atoms with van der Waals surface area (Å²) in [7, 11) is 2.11. The number of hydrogen-bond acceptors (Lipinski definition) is 2. The van der Waals surface area contributed by atoms with E-state index in [2.05, 4.69) is 51.2 Å². The van der Waals surface area contributed by atoms with Crippen molar-refractivity contribution < 1.29 is 5.11 Å². The zero-order valence-corrected chi connectivity index (χ0v) is 13.7. The second-order valence-electron chi connectivity index (χ2n) is 5.46. The lowest BCUT2D eigenvalue weighted by Crippen LogP contribution is -2.03. The van der Waals surface area contributed by atoms with Gasteiger partial charge in [-0.3, -0.25) is 0 Å². The van der Waals surface area contributed by atoms with Crippen LogP contribution >= 0.6 is 12.6 Å². The Kier molecular flexibility index (Phi) is 7.79. The predicted octanol–water partition coefficient (Wildman–Crippen LogP) is 2.97. The predicted molar refractivity (Wildman–Crippen MR) is 94.8 cm³/mol. The minimum absolute atomic E-state index is 0.162. The second-order valence-corrected chi connectivity index (χ2v) is 6.09. The van der Waals surface area contributed by atoms with E-state index in [1.165, 1.54) is 16.6 Å². The average molecular weight is 288 g/mol. The van der Waals surface area contributed by atoms with Crippen molar-refractivity contribution in [2.24, 2.45) is 0 Å². The maximum atomic E-state index is 8.93. The van der Waals surface area contributed by atoms with E-state index in [1.54, 1.807) is 0 Å². The standard InChI is InChI=1S/C17H25BOS/c1-13(5-3-6-14(2)12-19)9-10-17(20)15-7-4-8-16(18)11-15/h4,6-9,11,17,19-20H,3,5,10,12,18H2,1-2H3/b13-9+,14-6+. The molecule has 0 aliphatic carbocycles. The number of benzene rings is 1. The molecule has 0 aliphatic rings. The van der Waals surface area contributed by atoms with Crippen LogP contribution in [0.5, 0.6) is 0 Å². The molecule has 1 atom stereocenters. The third-order valence-corrected chi connectivity index (χ3v) is 3.91. The smallest absolute Gasteiger partial charge is 0.139 e. The van der Waals surface area contributed by atoms with Gasteiger partial charge in [-0.05, 0) is 38.7 Å². The largest absolute Gasteiger partial charge is 0.392 e. The van der Waals surface area contributed by atoms with Gasteiger partial charge in [0.25, 0.3) is 0 Å². The van der Waals surface area contributed by atoms with E-state index >= 15 is 0 Å². The first-order valence-electron chi connectivity index (χ1n) is 7.19. The maximum absolute atomic E-state index is 8.93. The number of aliphatic hydroxyl groups excluding tert-OH is 1. The zero-order valence-electron chi connectivity index (χ0n) is 12.8. The summed E-state index contributed by atoms with van der Waals surface area (Å²) in [4.78, 5) is 0. The third kappa shape index (κ3) is 6.49. The van der Waals surface area contributed by atoms with Gasteiger partial charge in [-0.1, -0.05) is 53.0 Å². The van der Waals surface area contributed by atoms with Gasteiger partial charge in [0.2, 0.25) is 0 Å². The first-order chi connectivity index (χ1) is 9.52. The summed E-state index contributed by atoms with van der Waals surface area (Å²) < 4.78 is 0. The van der Waals surface area contributed by atoms with Gasteiger partial charge in [0, 0.05) is 5.25 Å². The summed E-state index contributed by atoms with van der Waals surface area (Å²) >= 11 is 4.69. The maximum Gasteiger partial charge on any atom is 0.139 e. The Hall–Kier alpha value is -0.925. The third-order valence-electron chi connectivity index (χ3n) is 3.40. The second kappa shape index (κ2) is 9.09. The molecule has 0 saturated carbocycles. The Balaban J connectivity index is 2.46. The Morgan fingerprint density at radius 1 is 1.30 bits per heavy atom. The molecule has 0 heterocycles. The summed E-state index contributed by atoms with van der Waals surface area (Å²) in [6.07, 6.45) is 7.39. The van der Waals surface area contributed by atoms with Crippen LogP contribution in [0.25, 0.3) is 0 Å². The van der Waals surface area contributed by atoms with Gasteiger partial charge in [0.1, 0.15) is 7.85 Å². The van der Waals surface area contributed by atoms with Crippen LogP contribution in [-0.4, -0.2) is 19.6 Å². The summed E-state index contributed by atoms with van der Waals surface area (Å²) in [6.45, 7) is 4.29. The molecule has 1 aromatic rings. The minimum atomic E-state index is 0.162. The van der Waals surface area contributed by atoms with Crippen LogP contribution in [0.2, 0.25) is 0 Å². The normalized spacial score (nSPS) is 14.4. The van der Waals surface area contributed by atoms with E-state index in [4.69, 9.17) is 17.7 Å². The van der Waals surface area contributed by atoms with Gasteiger partial charge >= 0.3 is 0 Å². The molecule has 0 radical (unpaired) electrons. The highest BCUT2D eigenvalue weighted by Gasteiger charge is 2.04. The van der Waals surface area contributed by atoms with E-state index in [1.807, 2.05) is 6.92 Å². The molecule has 1 aromatic carbocycles. The summed E-state index contributed by atoms with van der Waals surface area (Å²) in [5, 5.41) is 9.20. The molecule has 0 saturated heterocycles. The highest BCUT2D eigenvalue weighted by atomic mass is 32.1. The lowest BCUT2D eigenvalue weighted by atomic mass is 9.93. The number of allylic oxidation sites excluding steroid dienone is 3. The van der Waals surface area contributed by atoms with Crippen LogP contribution < -0.4 is 5.46 Å². The Morgan fingerprint density at radius 2 is 2.05 bits per heavy atom. The molecule has 0 aromatic heterocycles. The SMILES string of the molecule is Bc1cccc(C(S)C/C=C(\C)CC/C=C(\C)CO)c1. The molecule has 0 aliphatic heterocycles. The van der Waals surface area contributed by atoms with Crippen molar-refractivity contribution in [3.05, 3.63) is 53.1 Å². The fourth-order valence-corrected chi connectivity index (χ4v) is 2.31. The number of hydrogen-bond donors (Lipinski definition) is 2. The van der Waals surface area contributed by atoms with E-state index in [9.17, 15) is 0 Å². The lowest BCUT2D eigenvalue weighted by molar-refractivity contribution is 0.331. The number of aliphatic hydroxyl groups is 1. The van der Waals surface area contributed by atoms with Crippen molar-refractivity contribution in [3.8, 4) is 0 Å². The highest BCUT2D eigenvalue weighted by Crippen LogP contribution is 2.24. The van der Waals surface area contributed by atoms with Gasteiger partial charge in [0.15, 0.2) is 0 Å². The van der Waals surface area contributed by atoms with Crippen LogP contribution in [0.15, 0.2) is 47.6 Å². The Bertz CT molecular complexity index is 480. The van der Waals surface area contributed by atoms with Crippen LogP contribution in [0.4, 0.5) is 0 Å². The van der Waals surface area contributed by atoms with Crippen LogP contribution in [0, 0.1) is 0 Å². The fraction of sp³-hybridized carbons (Fsp3) is 0.412. The van der Waals surface area contributed by atoms with Gasteiger partial charge in [0.05, 0.1) is 6.61 Å². The van der Waals surface area contributed by atoms with E-state index < -0.39 is 0 Å². The molecule has 1 rings (SSSR count). The van der Waals surface area contributed by atoms with Crippen molar-refractivity contribution in [1.82, 2.24) is 0 Å². The van der Waals surface area contributed by atoms with Crippen molar-refractivity contribution in [2.45, 2.75) is 38.4 Å². The Morgan fingerprint density at radius 3 is 2.70 bits per heavy atom. The quantitative estimate of drug-likeness (QED) is 0.449. The first kappa shape index (κ1) is 17.1. The van der Waals surface area contributed by atoms with Gasteiger partial charge < -0.3 is 5.11 Å². The number of rotatable bonds is 7. The minimum Gasteiger partial charge on any atom is -0.392 e. The average Bonchev–Trinajstić information content (AvgIpc) is 2.44. The molecule has 108 valence electrons. The summed E-state index contributed by atoms with van der Waals surface area (Å²) in [5.41, 5.74) is 5.00. The monoisotopic (exact) mass is 288 g/mol. The van der Waals surface area contributed by atoms with Crippen molar-refractivity contribution in [3.63, 3.8) is 0 Å². The van der Waals surface area contributed by atoms with E-state index in [-0.39, 0.29) is 11.9 Å². The van der Waals surface area contributed by atoms with Crippen LogP contribution in [0.1, 0.15) is 43.9 Å². The zero-order chi connectivity index (χ0) is 15.0. The van der Waals surface area contributed by atoms with Gasteiger partial charge in [-0.15, -0.1) is 0 Å². The first-order valence-corrected chi connectivity index (χ1v) is 7.71. The van der Waals surface area contributed by atoms with Crippen LogP contribution in [0.3, 0.4) is 0 Å². The summed E-state index contributed by atoms with van der Waals surface area (Å²) in [5.74, 6) is 0. The molecule has 0 bridgehead atoms. The molecule has 3 heteroatoms. The van der Waals surface area contributed by atoms with E-state index in [0.29, 0.717) is 0 Å². The van der Waals surface area contributed by atoms with Gasteiger partial charge in [-0.2, -0.15) is 12.6 Å². The van der Waals surface area contributed by atoms with Crippen molar-refractivity contribution in [1.29, 1.82) is 0 Å². The van der Waals surface area contributed by atoms with Crippen molar-refractivity contribution in [2.75, 3.05) is 6.61 Å². The molecular formula is C17H25BOS. The lowest BCUT2D eigenvalue weighted by Gasteiger charge is -2.10. The Labute approximate surface area is 129 Å². The molecule has 0 fully saturated rings. The molecule has 1 nitrogen and oxygen atoms in total. The molecular weight excluding hydrogens is 263 g/mol. The molecule has 1 N–H and O–H groups in total.